The van der Waals surface area contributed by atoms with E-state index in [-0.39, 0.29) is 37.1 Å². The molecule has 0 saturated carbocycles. The third-order valence-corrected chi connectivity index (χ3v) is 6.37. The molecule has 2 aromatic carbocycles. The highest BCUT2D eigenvalue weighted by atomic mass is 16.5. The number of benzene rings is 2. The molecule has 0 aliphatic carbocycles. The number of nitrogens with zero attached hydrogens (tertiary/aromatic N) is 2. The van der Waals surface area contributed by atoms with Gasteiger partial charge in [-0.05, 0) is 43.5 Å². The molecule has 2 atom stereocenters. The van der Waals surface area contributed by atoms with Crippen LogP contribution in [0.2, 0.25) is 0 Å². The molecule has 1 aliphatic rings. The number of ether oxygens (including phenoxy) is 1. The summed E-state index contributed by atoms with van der Waals surface area (Å²) >= 11 is 0. The zero-order chi connectivity index (χ0) is 24.3. The molecule has 34 heavy (non-hydrogen) atoms. The molecular weight excluding hydrogens is 432 g/mol. The number of imidazole rings is 1. The number of aromatic amines is 1. The first-order valence-electron chi connectivity index (χ1n) is 11.5. The molecule has 0 unspecified atom stereocenters. The number of rotatable bonds is 9. The van der Waals surface area contributed by atoms with Crippen molar-refractivity contribution in [2.45, 2.75) is 44.6 Å². The van der Waals surface area contributed by atoms with Gasteiger partial charge in [0.15, 0.2) is 0 Å². The first kappa shape index (κ1) is 23.6. The van der Waals surface area contributed by atoms with Crippen LogP contribution >= 0.6 is 0 Å². The zero-order valence-electron chi connectivity index (χ0n) is 19.8. The molecule has 8 heteroatoms. The molecule has 2 heterocycles. The van der Waals surface area contributed by atoms with Crippen molar-refractivity contribution in [2.75, 3.05) is 20.3 Å². The zero-order valence-corrected chi connectivity index (χ0v) is 19.8. The largest absolute Gasteiger partial charge is 0.385 e. The molecule has 1 aromatic heterocycles. The van der Waals surface area contributed by atoms with E-state index in [1.54, 1.807) is 7.11 Å². The van der Waals surface area contributed by atoms with E-state index in [9.17, 15) is 14.4 Å². The van der Waals surface area contributed by atoms with Crippen LogP contribution in [0.5, 0.6) is 0 Å². The van der Waals surface area contributed by atoms with E-state index < -0.39 is 11.5 Å². The number of aryl methyl sites for hydroxylation is 1. The Balaban J connectivity index is 1.55. The molecule has 178 valence electrons. The van der Waals surface area contributed by atoms with Gasteiger partial charge in [0, 0.05) is 33.1 Å². The lowest BCUT2D eigenvalue weighted by Crippen LogP contribution is -2.43. The molecule has 8 nitrogen and oxygen atoms in total. The summed E-state index contributed by atoms with van der Waals surface area (Å²) in [5.41, 5.74) is 2.29. The number of likely N-dealkylation sites (tertiary alicyclic amines) is 1. The number of hydrogen-bond acceptors (Lipinski definition) is 5. The van der Waals surface area contributed by atoms with Crippen LogP contribution < -0.4 is 5.32 Å². The number of imide groups is 1. The molecule has 2 N–H and O–H groups in total. The van der Waals surface area contributed by atoms with Gasteiger partial charge in [-0.15, -0.1) is 0 Å². The van der Waals surface area contributed by atoms with Gasteiger partial charge in [-0.1, -0.05) is 36.4 Å². The van der Waals surface area contributed by atoms with Gasteiger partial charge in [0.05, 0.1) is 22.5 Å². The molecule has 0 radical (unpaired) electrons. The highest BCUT2D eigenvalue weighted by Crippen LogP contribution is 2.40. The minimum Gasteiger partial charge on any atom is -0.385 e. The first-order chi connectivity index (χ1) is 16.3. The van der Waals surface area contributed by atoms with Crippen LogP contribution in [0.25, 0.3) is 11.0 Å². The van der Waals surface area contributed by atoms with Gasteiger partial charge in [0.2, 0.25) is 17.7 Å². The smallest absolute Gasteiger partial charge is 0.240 e. The van der Waals surface area contributed by atoms with Crippen LogP contribution in [0.4, 0.5) is 0 Å². The van der Waals surface area contributed by atoms with E-state index >= 15 is 0 Å². The summed E-state index contributed by atoms with van der Waals surface area (Å²) in [6.07, 6.45) is 0.397. The number of hydrogen-bond donors (Lipinski definition) is 2. The van der Waals surface area contributed by atoms with E-state index in [2.05, 4.69) is 15.3 Å². The normalized spacial score (nSPS) is 19.1. The highest BCUT2D eigenvalue weighted by Gasteiger charge is 2.53. The minimum atomic E-state index is -1.22. The quantitative estimate of drug-likeness (QED) is 0.375. The number of H-pyrrole nitrogens is 1. The van der Waals surface area contributed by atoms with Crippen molar-refractivity contribution >= 4 is 28.8 Å². The van der Waals surface area contributed by atoms with Crippen LogP contribution in [0.15, 0.2) is 48.5 Å². The molecule has 0 bridgehead atoms. The Bertz CT molecular complexity index is 1210. The first-order valence-corrected chi connectivity index (χ1v) is 11.5. The second-order valence-electron chi connectivity index (χ2n) is 8.93. The number of methoxy groups -OCH3 is 1. The van der Waals surface area contributed by atoms with E-state index in [1.165, 1.54) is 4.90 Å². The third-order valence-electron chi connectivity index (χ3n) is 6.37. The fourth-order valence-electron chi connectivity index (χ4n) is 4.60. The van der Waals surface area contributed by atoms with Crippen molar-refractivity contribution in [3.05, 3.63) is 65.5 Å². The molecule has 3 amide bonds. The van der Waals surface area contributed by atoms with E-state index in [0.717, 1.165) is 16.6 Å². The summed E-state index contributed by atoms with van der Waals surface area (Å²) in [5.74, 6) is -0.272. The van der Waals surface area contributed by atoms with Crippen molar-refractivity contribution in [3.8, 4) is 0 Å². The van der Waals surface area contributed by atoms with Crippen LogP contribution in [0, 0.1) is 6.92 Å². The maximum Gasteiger partial charge on any atom is 0.240 e. The fraction of sp³-hybridized carbons (Fsp3) is 0.385. The monoisotopic (exact) mass is 462 g/mol. The van der Waals surface area contributed by atoms with Crippen molar-refractivity contribution in [1.82, 2.24) is 20.2 Å². The van der Waals surface area contributed by atoms with E-state index in [0.29, 0.717) is 24.4 Å². The Labute approximate surface area is 198 Å². The fourth-order valence-corrected chi connectivity index (χ4v) is 4.60. The summed E-state index contributed by atoms with van der Waals surface area (Å²) in [7, 11) is 1.58. The maximum atomic E-state index is 13.5. The molecular formula is C26H30N4O4. The van der Waals surface area contributed by atoms with Crippen molar-refractivity contribution in [3.63, 3.8) is 0 Å². The number of aromatic nitrogens is 2. The highest BCUT2D eigenvalue weighted by molar-refractivity contribution is 6.10. The molecule has 0 spiro atoms. The van der Waals surface area contributed by atoms with Crippen LogP contribution in [-0.2, 0) is 24.5 Å². The molecule has 4 rings (SSSR count). The molecule has 3 aromatic rings. The van der Waals surface area contributed by atoms with Gasteiger partial charge in [-0.3, -0.25) is 19.3 Å². The van der Waals surface area contributed by atoms with Gasteiger partial charge in [0.1, 0.15) is 5.82 Å². The van der Waals surface area contributed by atoms with Gasteiger partial charge < -0.3 is 15.0 Å². The summed E-state index contributed by atoms with van der Waals surface area (Å²) in [6.45, 7) is 4.57. The standard InChI is InChI=1S/C26H30N4O4/c1-17-10-11-20-21(14-17)29-24(28-20)18(2)27-22(31)15-26(19-8-5-4-6-9-19)16-23(32)30(25(26)33)12-7-13-34-3/h4-6,8-11,14,18H,7,12-13,15-16H2,1-3H3,(H,27,31)(H,28,29)/t18-,26+/m1/s1. The molecule has 1 fully saturated rings. The molecule has 1 saturated heterocycles. The van der Waals surface area contributed by atoms with Crippen LogP contribution in [0.3, 0.4) is 0 Å². The van der Waals surface area contributed by atoms with Crippen LogP contribution in [0.1, 0.15) is 49.2 Å². The second kappa shape index (κ2) is 9.77. The Kier molecular flexibility index (Phi) is 6.79. The lowest BCUT2D eigenvalue weighted by atomic mass is 9.75. The topological polar surface area (TPSA) is 104 Å². The van der Waals surface area contributed by atoms with Crippen molar-refractivity contribution in [2.24, 2.45) is 0 Å². The number of fused-ring (bicyclic) bond motifs is 1. The summed E-state index contributed by atoms with van der Waals surface area (Å²) in [4.78, 5) is 48.7. The van der Waals surface area contributed by atoms with Crippen molar-refractivity contribution < 1.29 is 19.1 Å². The summed E-state index contributed by atoms with van der Waals surface area (Å²) < 4.78 is 5.07. The van der Waals surface area contributed by atoms with Crippen LogP contribution in [-0.4, -0.2) is 52.9 Å². The maximum absolute atomic E-state index is 13.5. The van der Waals surface area contributed by atoms with Gasteiger partial charge >= 0.3 is 0 Å². The predicted octanol–water partition coefficient (Wildman–Crippen LogP) is 3.17. The number of carbonyl (C=O) groups excluding carboxylic acids is 3. The predicted molar refractivity (Wildman–Crippen MR) is 128 cm³/mol. The molecule has 1 aliphatic heterocycles. The Morgan fingerprint density at radius 1 is 1.24 bits per heavy atom. The Morgan fingerprint density at radius 2 is 2.00 bits per heavy atom. The summed E-state index contributed by atoms with van der Waals surface area (Å²) in [5, 5.41) is 2.96. The van der Waals surface area contributed by atoms with Crippen molar-refractivity contribution in [1.29, 1.82) is 0 Å². The second-order valence-corrected chi connectivity index (χ2v) is 8.93. The average Bonchev–Trinajstić information content (AvgIpc) is 3.34. The lowest BCUT2D eigenvalue weighted by Gasteiger charge is -2.27. The van der Waals surface area contributed by atoms with E-state index in [1.807, 2.05) is 62.4 Å². The SMILES string of the molecule is COCCCN1C(=O)C[C@@](CC(=O)N[C@H](C)c2nc3ccc(C)cc3[nH]2)(c2ccccc2)C1=O. The third kappa shape index (κ3) is 4.59. The minimum absolute atomic E-state index is 0.0332. The summed E-state index contributed by atoms with van der Waals surface area (Å²) in [6, 6.07) is 14.6. The van der Waals surface area contributed by atoms with Gasteiger partial charge in [0.25, 0.3) is 0 Å². The number of carbonyl (C=O) groups is 3. The number of nitrogens with one attached hydrogen (secondary N) is 2. The number of amides is 3. The Hall–Kier alpha value is -3.52. The Morgan fingerprint density at radius 3 is 2.74 bits per heavy atom. The average molecular weight is 463 g/mol. The van der Waals surface area contributed by atoms with Gasteiger partial charge in [-0.2, -0.15) is 0 Å². The van der Waals surface area contributed by atoms with Gasteiger partial charge in [-0.25, -0.2) is 4.98 Å². The van der Waals surface area contributed by atoms with E-state index in [4.69, 9.17) is 4.74 Å². The lowest BCUT2D eigenvalue weighted by molar-refractivity contribution is -0.141.